The average Bonchev–Trinajstić information content (AvgIpc) is 2.80. The zero-order valence-corrected chi connectivity index (χ0v) is 18.9. The van der Waals surface area contributed by atoms with Gasteiger partial charge in [-0.05, 0) is 48.9 Å². The van der Waals surface area contributed by atoms with Crippen LogP contribution >= 0.6 is 0 Å². The molecule has 0 saturated heterocycles. The predicted octanol–water partition coefficient (Wildman–Crippen LogP) is 4.76. The Morgan fingerprint density at radius 3 is 2.42 bits per heavy atom. The summed E-state index contributed by atoms with van der Waals surface area (Å²) in [6, 6.07) is 14.8. The van der Waals surface area contributed by atoms with Gasteiger partial charge in [-0.15, -0.1) is 0 Å². The van der Waals surface area contributed by atoms with E-state index in [1.807, 2.05) is 31.2 Å². The maximum atomic E-state index is 13.0. The fourth-order valence-corrected chi connectivity index (χ4v) is 3.21. The molecule has 31 heavy (non-hydrogen) atoms. The van der Waals surface area contributed by atoms with Gasteiger partial charge >= 0.3 is 0 Å². The van der Waals surface area contributed by atoms with Gasteiger partial charge in [-0.2, -0.15) is 0 Å². The SMILES string of the molecule is CCC(Oc1ccccc1C(C)CC)C(=O)Nc1ccccc1C(=O)NCCCOC. The van der Waals surface area contributed by atoms with Crippen molar-refractivity contribution in [1.82, 2.24) is 5.32 Å². The highest BCUT2D eigenvalue weighted by Gasteiger charge is 2.22. The second kappa shape index (κ2) is 12.7. The van der Waals surface area contributed by atoms with Crippen LogP contribution in [0.15, 0.2) is 48.5 Å². The largest absolute Gasteiger partial charge is 0.480 e. The molecule has 2 aromatic carbocycles. The van der Waals surface area contributed by atoms with Crippen molar-refractivity contribution in [2.45, 2.75) is 52.1 Å². The van der Waals surface area contributed by atoms with Crippen LogP contribution in [0.25, 0.3) is 0 Å². The molecular weight excluding hydrogens is 392 g/mol. The van der Waals surface area contributed by atoms with Gasteiger partial charge in [0.1, 0.15) is 5.75 Å². The third kappa shape index (κ3) is 7.10. The van der Waals surface area contributed by atoms with Crippen LogP contribution < -0.4 is 15.4 Å². The first kappa shape index (κ1) is 24.4. The van der Waals surface area contributed by atoms with Gasteiger partial charge in [0.2, 0.25) is 0 Å². The van der Waals surface area contributed by atoms with Crippen LogP contribution in [0.3, 0.4) is 0 Å². The molecule has 2 amide bonds. The zero-order chi connectivity index (χ0) is 22.6. The molecule has 0 radical (unpaired) electrons. The number of rotatable bonds is 12. The number of amides is 2. The fourth-order valence-electron chi connectivity index (χ4n) is 3.21. The first-order valence-corrected chi connectivity index (χ1v) is 10.9. The van der Waals surface area contributed by atoms with Crippen molar-refractivity contribution in [3.8, 4) is 5.75 Å². The Morgan fingerprint density at radius 1 is 1.00 bits per heavy atom. The number of anilines is 1. The summed E-state index contributed by atoms with van der Waals surface area (Å²) >= 11 is 0. The molecule has 0 aliphatic rings. The Bertz CT molecular complexity index is 853. The van der Waals surface area contributed by atoms with E-state index in [4.69, 9.17) is 9.47 Å². The fraction of sp³-hybridized carbons (Fsp3) is 0.440. The second-order valence-corrected chi connectivity index (χ2v) is 7.50. The van der Waals surface area contributed by atoms with Crippen molar-refractivity contribution in [1.29, 1.82) is 0 Å². The Balaban J connectivity index is 2.11. The second-order valence-electron chi connectivity index (χ2n) is 7.50. The van der Waals surface area contributed by atoms with Crippen LogP contribution in [0, 0.1) is 0 Å². The van der Waals surface area contributed by atoms with Gasteiger partial charge in [0.05, 0.1) is 11.3 Å². The van der Waals surface area contributed by atoms with Crippen LogP contribution in [0.4, 0.5) is 5.69 Å². The van der Waals surface area contributed by atoms with Crippen LogP contribution in [0.2, 0.25) is 0 Å². The number of benzene rings is 2. The third-order valence-electron chi connectivity index (χ3n) is 5.24. The molecule has 0 aromatic heterocycles. The first-order valence-electron chi connectivity index (χ1n) is 10.9. The Hall–Kier alpha value is -2.86. The van der Waals surface area contributed by atoms with E-state index >= 15 is 0 Å². The zero-order valence-electron chi connectivity index (χ0n) is 18.9. The van der Waals surface area contributed by atoms with E-state index in [1.54, 1.807) is 31.4 Å². The van der Waals surface area contributed by atoms with Gasteiger partial charge in [-0.3, -0.25) is 9.59 Å². The molecule has 0 saturated carbocycles. The third-order valence-corrected chi connectivity index (χ3v) is 5.24. The number of ether oxygens (including phenoxy) is 2. The van der Waals surface area contributed by atoms with Crippen LogP contribution in [0.5, 0.6) is 5.75 Å². The van der Waals surface area contributed by atoms with Crippen molar-refractivity contribution in [2.75, 3.05) is 25.6 Å². The molecule has 0 fully saturated rings. The Labute approximate surface area is 185 Å². The lowest BCUT2D eigenvalue weighted by Crippen LogP contribution is -2.34. The lowest BCUT2D eigenvalue weighted by Gasteiger charge is -2.22. The number of carbonyl (C=O) groups excluding carboxylic acids is 2. The lowest BCUT2D eigenvalue weighted by molar-refractivity contribution is -0.122. The van der Waals surface area contributed by atoms with Crippen molar-refractivity contribution in [3.05, 3.63) is 59.7 Å². The minimum Gasteiger partial charge on any atom is -0.480 e. The Morgan fingerprint density at radius 2 is 1.71 bits per heavy atom. The van der Waals surface area contributed by atoms with E-state index < -0.39 is 6.10 Å². The average molecular weight is 427 g/mol. The van der Waals surface area contributed by atoms with Crippen molar-refractivity contribution < 1.29 is 19.1 Å². The number of methoxy groups -OCH3 is 1. The number of para-hydroxylation sites is 2. The monoisotopic (exact) mass is 426 g/mol. The van der Waals surface area contributed by atoms with E-state index in [9.17, 15) is 9.59 Å². The summed E-state index contributed by atoms with van der Waals surface area (Å²) in [6.07, 6.45) is 1.54. The van der Waals surface area contributed by atoms with Gasteiger partial charge < -0.3 is 20.1 Å². The molecule has 2 aromatic rings. The highest BCUT2D eigenvalue weighted by Crippen LogP contribution is 2.29. The van der Waals surface area contributed by atoms with Gasteiger partial charge in [0.25, 0.3) is 11.8 Å². The van der Waals surface area contributed by atoms with E-state index in [0.29, 0.717) is 36.7 Å². The lowest BCUT2D eigenvalue weighted by atomic mass is 9.98. The molecule has 168 valence electrons. The molecule has 6 heteroatoms. The van der Waals surface area contributed by atoms with Gasteiger partial charge in [0.15, 0.2) is 6.10 Å². The molecule has 0 bridgehead atoms. The highest BCUT2D eigenvalue weighted by molar-refractivity contribution is 6.04. The summed E-state index contributed by atoms with van der Waals surface area (Å²) in [6.45, 7) is 7.26. The first-order chi connectivity index (χ1) is 15.0. The molecule has 2 unspecified atom stereocenters. The molecule has 2 rings (SSSR count). The summed E-state index contributed by atoms with van der Waals surface area (Å²) in [4.78, 5) is 25.5. The molecular formula is C25H34N2O4. The molecule has 0 aliphatic heterocycles. The summed E-state index contributed by atoms with van der Waals surface area (Å²) < 4.78 is 11.1. The summed E-state index contributed by atoms with van der Waals surface area (Å²) in [5.74, 6) is 0.548. The van der Waals surface area contributed by atoms with Crippen molar-refractivity contribution in [3.63, 3.8) is 0 Å². The summed E-state index contributed by atoms with van der Waals surface area (Å²) in [7, 11) is 1.63. The Kier molecular flexibility index (Phi) is 10.0. The van der Waals surface area contributed by atoms with E-state index in [2.05, 4.69) is 24.5 Å². The van der Waals surface area contributed by atoms with Crippen LogP contribution in [0.1, 0.15) is 61.9 Å². The topological polar surface area (TPSA) is 76.7 Å². The van der Waals surface area contributed by atoms with Gasteiger partial charge in [0, 0.05) is 20.3 Å². The number of carbonyl (C=O) groups is 2. The molecule has 2 atom stereocenters. The predicted molar refractivity (Wildman–Crippen MR) is 124 cm³/mol. The molecule has 6 nitrogen and oxygen atoms in total. The van der Waals surface area contributed by atoms with Crippen LogP contribution in [-0.4, -0.2) is 38.2 Å². The van der Waals surface area contributed by atoms with Gasteiger partial charge in [-0.25, -0.2) is 0 Å². The van der Waals surface area contributed by atoms with E-state index in [1.165, 1.54) is 0 Å². The molecule has 0 aliphatic carbocycles. The van der Waals surface area contributed by atoms with Gasteiger partial charge in [-0.1, -0.05) is 51.1 Å². The molecule has 2 N–H and O–H groups in total. The summed E-state index contributed by atoms with van der Waals surface area (Å²) in [5, 5.41) is 5.73. The normalized spacial score (nSPS) is 12.6. The maximum absolute atomic E-state index is 13.0. The number of nitrogens with one attached hydrogen (secondary N) is 2. The van der Waals surface area contributed by atoms with E-state index in [0.717, 1.165) is 24.2 Å². The number of hydrogen-bond acceptors (Lipinski definition) is 4. The maximum Gasteiger partial charge on any atom is 0.265 e. The highest BCUT2D eigenvalue weighted by atomic mass is 16.5. The molecule has 0 spiro atoms. The quantitative estimate of drug-likeness (QED) is 0.480. The van der Waals surface area contributed by atoms with Crippen molar-refractivity contribution >= 4 is 17.5 Å². The van der Waals surface area contributed by atoms with Crippen LogP contribution in [-0.2, 0) is 9.53 Å². The summed E-state index contributed by atoms with van der Waals surface area (Å²) in [5.41, 5.74) is 1.98. The minimum absolute atomic E-state index is 0.233. The standard InChI is InChI=1S/C25H34N2O4/c1-5-18(3)19-12-8-10-15-23(19)31-22(6-2)25(29)27-21-14-9-7-13-20(21)24(28)26-16-11-17-30-4/h7-10,12-15,18,22H,5-6,11,16-17H2,1-4H3,(H,26,28)(H,27,29). The number of hydrogen-bond donors (Lipinski definition) is 2. The van der Waals surface area contributed by atoms with E-state index in [-0.39, 0.29) is 11.8 Å². The minimum atomic E-state index is -0.664. The molecule has 0 heterocycles. The van der Waals surface area contributed by atoms with Crippen molar-refractivity contribution in [2.24, 2.45) is 0 Å². The smallest absolute Gasteiger partial charge is 0.265 e.